The summed E-state index contributed by atoms with van der Waals surface area (Å²) in [5.41, 5.74) is 1.54. The summed E-state index contributed by atoms with van der Waals surface area (Å²) < 4.78 is 4.88. The molecule has 0 unspecified atom stereocenters. The number of nitrogens with zero attached hydrogens (tertiary/aromatic N) is 2. The zero-order valence-corrected chi connectivity index (χ0v) is 12.1. The quantitative estimate of drug-likeness (QED) is 0.858. The van der Waals surface area contributed by atoms with Gasteiger partial charge < -0.3 is 5.32 Å². The monoisotopic (exact) mass is 359 g/mol. The molecule has 1 aromatic heterocycles. The van der Waals surface area contributed by atoms with Crippen molar-refractivity contribution in [2.24, 2.45) is 0 Å². The van der Waals surface area contributed by atoms with Crippen LogP contribution in [-0.4, -0.2) is 15.5 Å². The molecule has 0 spiro atoms. The minimum absolute atomic E-state index is 0.140. The minimum Gasteiger partial charge on any atom is -0.321 e. The Morgan fingerprint density at radius 3 is 3.06 bits per heavy atom. The summed E-state index contributed by atoms with van der Waals surface area (Å²) in [7, 11) is 0. The van der Waals surface area contributed by atoms with Crippen molar-refractivity contribution in [2.75, 3.05) is 5.32 Å². The average Bonchev–Trinajstić information content (AvgIpc) is 2.77. The maximum Gasteiger partial charge on any atom is 0.269 e. The zero-order valence-electron chi connectivity index (χ0n) is 9.11. The van der Waals surface area contributed by atoms with Crippen molar-refractivity contribution in [2.45, 2.75) is 13.3 Å². The molecule has 1 amide bonds. The lowest BCUT2D eigenvalue weighted by molar-refractivity contribution is 0.102. The van der Waals surface area contributed by atoms with E-state index >= 15 is 0 Å². The lowest BCUT2D eigenvalue weighted by Crippen LogP contribution is -2.12. The highest BCUT2D eigenvalue weighted by Gasteiger charge is 2.14. The summed E-state index contributed by atoms with van der Waals surface area (Å²) in [5.74, 6) is -0.140. The van der Waals surface area contributed by atoms with Crippen LogP contribution in [0.2, 0.25) is 0 Å². The van der Waals surface area contributed by atoms with Crippen LogP contribution in [0.4, 0.5) is 5.69 Å². The number of aromatic nitrogens is 2. The minimum atomic E-state index is -0.140. The van der Waals surface area contributed by atoms with E-state index < -0.39 is 0 Å². The Hall–Kier alpha value is -1.02. The van der Waals surface area contributed by atoms with Crippen LogP contribution < -0.4 is 5.32 Å². The van der Waals surface area contributed by atoms with E-state index in [1.807, 2.05) is 31.2 Å². The van der Waals surface area contributed by atoms with Crippen LogP contribution >= 0.6 is 34.1 Å². The fourth-order valence-corrected chi connectivity index (χ4v) is 2.56. The van der Waals surface area contributed by atoms with Gasteiger partial charge in [0.2, 0.25) is 0 Å². The van der Waals surface area contributed by atoms with Gasteiger partial charge >= 0.3 is 0 Å². The van der Waals surface area contributed by atoms with Crippen LogP contribution in [0.3, 0.4) is 0 Å². The fourth-order valence-electron chi connectivity index (χ4n) is 1.37. The highest BCUT2D eigenvalue weighted by atomic mass is 127. The largest absolute Gasteiger partial charge is 0.321 e. The van der Waals surface area contributed by atoms with Crippen LogP contribution in [0.5, 0.6) is 0 Å². The van der Waals surface area contributed by atoms with Gasteiger partial charge in [-0.05, 0) is 58.7 Å². The van der Waals surface area contributed by atoms with Gasteiger partial charge in [0.25, 0.3) is 5.91 Å². The number of nitrogens with one attached hydrogen (secondary N) is 1. The normalized spacial score (nSPS) is 10.2. The maximum atomic E-state index is 12.0. The molecule has 2 aromatic rings. The molecule has 1 aromatic carbocycles. The van der Waals surface area contributed by atoms with E-state index in [1.54, 1.807) is 0 Å². The molecule has 0 saturated carbocycles. The Kier molecular flexibility index (Phi) is 4.06. The highest BCUT2D eigenvalue weighted by Crippen LogP contribution is 2.16. The molecule has 0 saturated heterocycles. The lowest BCUT2D eigenvalue weighted by atomic mass is 10.2. The van der Waals surface area contributed by atoms with Gasteiger partial charge in [-0.2, -0.15) is 0 Å². The van der Waals surface area contributed by atoms with Crippen molar-refractivity contribution >= 4 is 45.7 Å². The molecular formula is C11H10IN3OS. The van der Waals surface area contributed by atoms with Crippen molar-refractivity contribution in [1.82, 2.24) is 9.59 Å². The molecule has 0 fully saturated rings. The van der Waals surface area contributed by atoms with Gasteiger partial charge in [-0.1, -0.05) is 17.5 Å². The molecule has 1 N–H and O–H groups in total. The first-order valence-corrected chi connectivity index (χ1v) is 6.94. The van der Waals surface area contributed by atoms with E-state index in [1.165, 1.54) is 0 Å². The summed E-state index contributed by atoms with van der Waals surface area (Å²) in [6, 6.07) is 7.66. The Morgan fingerprint density at radius 2 is 2.35 bits per heavy atom. The summed E-state index contributed by atoms with van der Waals surface area (Å²) in [6.45, 7) is 1.96. The Morgan fingerprint density at radius 1 is 1.53 bits per heavy atom. The second-order valence-electron chi connectivity index (χ2n) is 3.37. The smallest absolute Gasteiger partial charge is 0.269 e. The molecule has 6 heteroatoms. The van der Waals surface area contributed by atoms with Gasteiger partial charge in [-0.25, -0.2) is 0 Å². The van der Waals surface area contributed by atoms with E-state index in [-0.39, 0.29) is 5.91 Å². The number of hydrogen-bond donors (Lipinski definition) is 1. The number of anilines is 1. The SMILES string of the molecule is CCc1nnsc1C(=O)Nc1cccc(I)c1. The third-order valence-corrected chi connectivity index (χ3v) is 3.62. The van der Waals surface area contributed by atoms with E-state index in [2.05, 4.69) is 37.5 Å². The van der Waals surface area contributed by atoms with Gasteiger partial charge in [0, 0.05) is 9.26 Å². The van der Waals surface area contributed by atoms with Gasteiger partial charge in [0.15, 0.2) is 0 Å². The van der Waals surface area contributed by atoms with Crippen molar-refractivity contribution in [3.05, 3.63) is 38.4 Å². The summed E-state index contributed by atoms with van der Waals surface area (Å²) in [5, 5.41) is 6.77. The summed E-state index contributed by atoms with van der Waals surface area (Å²) in [4.78, 5) is 12.6. The van der Waals surface area contributed by atoms with Crippen molar-refractivity contribution in [3.63, 3.8) is 0 Å². The topological polar surface area (TPSA) is 54.9 Å². The zero-order chi connectivity index (χ0) is 12.3. The number of halogens is 1. The van der Waals surface area contributed by atoms with E-state index in [0.29, 0.717) is 11.3 Å². The Balaban J connectivity index is 2.17. The van der Waals surface area contributed by atoms with Crippen molar-refractivity contribution in [1.29, 1.82) is 0 Å². The molecule has 88 valence electrons. The third kappa shape index (κ3) is 3.01. The number of rotatable bonds is 3. The first-order chi connectivity index (χ1) is 8.20. The molecule has 0 aliphatic heterocycles. The van der Waals surface area contributed by atoms with Crippen LogP contribution in [0.1, 0.15) is 22.3 Å². The number of aryl methyl sites for hydroxylation is 1. The Labute approximate surface area is 117 Å². The van der Waals surface area contributed by atoms with Crippen molar-refractivity contribution < 1.29 is 4.79 Å². The molecule has 0 aliphatic carbocycles. The van der Waals surface area contributed by atoms with Crippen LogP contribution in [0, 0.1) is 3.57 Å². The van der Waals surface area contributed by atoms with E-state index in [0.717, 1.165) is 26.5 Å². The number of amides is 1. The standard InChI is InChI=1S/C11H10IN3OS/c1-2-9-10(17-15-14-9)11(16)13-8-5-3-4-7(12)6-8/h3-6H,2H2,1H3,(H,13,16). The second-order valence-corrected chi connectivity index (χ2v) is 5.37. The summed E-state index contributed by atoms with van der Waals surface area (Å²) >= 11 is 3.34. The van der Waals surface area contributed by atoms with Crippen LogP contribution in [0.15, 0.2) is 24.3 Å². The number of benzene rings is 1. The van der Waals surface area contributed by atoms with Crippen LogP contribution in [-0.2, 0) is 6.42 Å². The molecule has 0 atom stereocenters. The van der Waals surface area contributed by atoms with E-state index in [4.69, 9.17) is 0 Å². The van der Waals surface area contributed by atoms with Crippen molar-refractivity contribution in [3.8, 4) is 0 Å². The predicted molar refractivity (Wildman–Crippen MR) is 76.4 cm³/mol. The predicted octanol–water partition coefficient (Wildman–Crippen LogP) is 2.96. The van der Waals surface area contributed by atoms with Gasteiger partial charge in [-0.3, -0.25) is 4.79 Å². The third-order valence-electron chi connectivity index (χ3n) is 2.18. The van der Waals surface area contributed by atoms with Gasteiger partial charge in [0.05, 0.1) is 5.69 Å². The first-order valence-electron chi connectivity index (χ1n) is 5.09. The number of hydrogen-bond acceptors (Lipinski definition) is 4. The second kappa shape index (κ2) is 5.54. The van der Waals surface area contributed by atoms with Gasteiger partial charge in [0.1, 0.15) is 4.88 Å². The number of carbonyl (C=O) groups is 1. The molecular weight excluding hydrogens is 349 g/mol. The molecule has 0 bridgehead atoms. The van der Waals surface area contributed by atoms with Gasteiger partial charge in [-0.15, -0.1) is 5.10 Å². The molecule has 17 heavy (non-hydrogen) atoms. The average molecular weight is 359 g/mol. The number of carbonyl (C=O) groups excluding carboxylic acids is 1. The van der Waals surface area contributed by atoms with Crippen LogP contribution in [0.25, 0.3) is 0 Å². The molecule has 0 aliphatic rings. The first kappa shape index (κ1) is 12.4. The fraction of sp³-hybridized carbons (Fsp3) is 0.182. The Bertz CT molecular complexity index is 541. The molecule has 0 radical (unpaired) electrons. The summed E-state index contributed by atoms with van der Waals surface area (Å²) in [6.07, 6.45) is 0.714. The lowest BCUT2D eigenvalue weighted by Gasteiger charge is -2.04. The van der Waals surface area contributed by atoms with E-state index in [9.17, 15) is 4.79 Å². The molecule has 1 heterocycles. The molecule has 2 rings (SSSR count). The highest BCUT2D eigenvalue weighted by molar-refractivity contribution is 14.1. The molecule has 4 nitrogen and oxygen atoms in total. The maximum absolute atomic E-state index is 12.0.